The van der Waals surface area contributed by atoms with Gasteiger partial charge in [-0.05, 0) is 83.5 Å². The van der Waals surface area contributed by atoms with Crippen LogP contribution in [0.15, 0.2) is 72.9 Å². The molecule has 0 aromatic rings. The van der Waals surface area contributed by atoms with Crippen molar-refractivity contribution in [3.63, 3.8) is 0 Å². The smallest absolute Gasteiger partial charge is 0.306 e. The van der Waals surface area contributed by atoms with Crippen molar-refractivity contribution < 1.29 is 28.6 Å². The number of carbonyl (C=O) groups is 3. The zero-order valence-electron chi connectivity index (χ0n) is 42.7. The molecule has 0 aromatic carbocycles. The normalized spacial score (nSPS) is 12.6. The summed E-state index contributed by atoms with van der Waals surface area (Å²) in [7, 11) is 0. The summed E-state index contributed by atoms with van der Waals surface area (Å²) in [6, 6.07) is 0. The first kappa shape index (κ1) is 61.9. The minimum atomic E-state index is -0.779. The van der Waals surface area contributed by atoms with Crippen LogP contribution in [0.4, 0.5) is 0 Å². The topological polar surface area (TPSA) is 78.9 Å². The zero-order chi connectivity index (χ0) is 47.2. The van der Waals surface area contributed by atoms with E-state index >= 15 is 0 Å². The summed E-state index contributed by atoms with van der Waals surface area (Å²) >= 11 is 0. The Morgan fingerprint density at radius 1 is 0.323 bits per heavy atom. The molecular weight excluding hydrogens is 805 g/mol. The van der Waals surface area contributed by atoms with Crippen molar-refractivity contribution in [3.8, 4) is 0 Å². The third kappa shape index (κ3) is 51.7. The predicted molar refractivity (Wildman–Crippen MR) is 279 cm³/mol. The van der Waals surface area contributed by atoms with Gasteiger partial charge in [0.25, 0.3) is 0 Å². The average molecular weight is 907 g/mol. The van der Waals surface area contributed by atoms with E-state index < -0.39 is 6.10 Å². The first-order valence-electron chi connectivity index (χ1n) is 27.4. The number of hydrogen-bond acceptors (Lipinski definition) is 6. The quantitative estimate of drug-likeness (QED) is 0.0262. The third-order valence-electron chi connectivity index (χ3n) is 11.7. The molecule has 6 heteroatoms. The number of ether oxygens (including phenoxy) is 3. The highest BCUT2D eigenvalue weighted by molar-refractivity contribution is 5.71. The highest BCUT2D eigenvalue weighted by atomic mass is 16.6. The molecule has 0 aliphatic rings. The standard InChI is InChI=1S/C59H102O6/c1-4-7-10-13-16-19-21-23-25-26-27-28-29-30-31-32-33-34-35-37-38-40-43-46-49-52-58(61)64-55-56(54-63-57(60)51-48-45-42-18-15-12-9-6-3)65-59(62)53-50-47-44-41-39-36-24-22-20-17-14-11-8-5-2/h7,10,14,16-17,19,22-25,27-28,56H,4-6,8-9,11-13,15,18,20-21,26,29-55H2,1-3H3/b10-7-,17-14-,19-16-,24-22-,25-23-,28-27-. The molecule has 0 aromatic heterocycles. The largest absolute Gasteiger partial charge is 0.462 e. The van der Waals surface area contributed by atoms with Gasteiger partial charge in [0, 0.05) is 19.3 Å². The molecule has 0 radical (unpaired) electrons. The number of esters is 3. The SMILES string of the molecule is CC/C=C\C/C=C\C/C=C\C/C=C\CCCCCCCCCCCCCCC(=O)OCC(COC(=O)CCCCCCCCCC)OC(=O)CCCCCCC/C=C\C/C=C\CCCC. The van der Waals surface area contributed by atoms with Gasteiger partial charge >= 0.3 is 17.9 Å². The molecule has 1 atom stereocenters. The van der Waals surface area contributed by atoms with E-state index in [1.807, 2.05) is 0 Å². The lowest BCUT2D eigenvalue weighted by Gasteiger charge is -2.18. The first-order valence-corrected chi connectivity index (χ1v) is 27.4. The Balaban J connectivity index is 4.19. The van der Waals surface area contributed by atoms with Gasteiger partial charge in [-0.2, -0.15) is 0 Å². The third-order valence-corrected chi connectivity index (χ3v) is 11.7. The molecule has 0 fully saturated rings. The molecule has 0 N–H and O–H groups in total. The molecule has 6 nitrogen and oxygen atoms in total. The van der Waals surface area contributed by atoms with Crippen LogP contribution in [0.1, 0.15) is 265 Å². The van der Waals surface area contributed by atoms with Crippen LogP contribution < -0.4 is 0 Å². The average Bonchev–Trinajstić information content (AvgIpc) is 3.30. The van der Waals surface area contributed by atoms with Crippen molar-refractivity contribution in [3.05, 3.63) is 72.9 Å². The molecule has 0 amide bonds. The summed E-state index contributed by atoms with van der Waals surface area (Å²) in [6.07, 6.45) is 67.6. The van der Waals surface area contributed by atoms with Crippen molar-refractivity contribution in [1.29, 1.82) is 0 Å². The van der Waals surface area contributed by atoms with Gasteiger partial charge in [-0.25, -0.2) is 0 Å². The summed E-state index contributed by atoms with van der Waals surface area (Å²) in [4.78, 5) is 37.9. The second-order valence-electron chi connectivity index (χ2n) is 18.1. The summed E-state index contributed by atoms with van der Waals surface area (Å²) in [6.45, 7) is 6.45. The van der Waals surface area contributed by atoms with Gasteiger partial charge in [0.05, 0.1) is 0 Å². The number of rotatable bonds is 49. The Bertz CT molecular complexity index is 1230. The fraction of sp³-hybridized carbons (Fsp3) is 0.746. The van der Waals surface area contributed by atoms with Crippen LogP contribution in [-0.4, -0.2) is 37.2 Å². The summed E-state index contributed by atoms with van der Waals surface area (Å²) in [5, 5.41) is 0. The van der Waals surface area contributed by atoms with E-state index in [0.717, 1.165) is 109 Å². The molecule has 65 heavy (non-hydrogen) atoms. The van der Waals surface area contributed by atoms with Crippen LogP contribution in [-0.2, 0) is 28.6 Å². The predicted octanol–water partition coefficient (Wildman–Crippen LogP) is 18.2. The molecular formula is C59H102O6. The monoisotopic (exact) mass is 907 g/mol. The van der Waals surface area contributed by atoms with Gasteiger partial charge < -0.3 is 14.2 Å². The lowest BCUT2D eigenvalue weighted by atomic mass is 10.0. The Labute approximate surface area is 402 Å². The van der Waals surface area contributed by atoms with Crippen molar-refractivity contribution in [1.82, 2.24) is 0 Å². The molecule has 0 saturated heterocycles. The van der Waals surface area contributed by atoms with E-state index in [-0.39, 0.29) is 31.1 Å². The Morgan fingerprint density at radius 2 is 0.615 bits per heavy atom. The van der Waals surface area contributed by atoms with Crippen LogP contribution in [0, 0.1) is 0 Å². The lowest BCUT2D eigenvalue weighted by Crippen LogP contribution is -2.30. The summed E-state index contributed by atoms with van der Waals surface area (Å²) in [5.74, 6) is -0.896. The molecule has 0 bridgehead atoms. The number of carbonyl (C=O) groups excluding carboxylic acids is 3. The minimum Gasteiger partial charge on any atom is -0.462 e. The molecule has 0 rings (SSSR count). The van der Waals surface area contributed by atoms with Crippen molar-refractivity contribution >= 4 is 17.9 Å². The molecule has 0 spiro atoms. The molecule has 0 saturated carbocycles. The number of hydrogen-bond donors (Lipinski definition) is 0. The van der Waals surface area contributed by atoms with E-state index in [1.54, 1.807) is 0 Å². The van der Waals surface area contributed by atoms with Crippen molar-refractivity contribution in [2.24, 2.45) is 0 Å². The van der Waals surface area contributed by atoms with Crippen molar-refractivity contribution in [2.75, 3.05) is 13.2 Å². The van der Waals surface area contributed by atoms with Crippen LogP contribution in [0.3, 0.4) is 0 Å². The second-order valence-corrected chi connectivity index (χ2v) is 18.1. The van der Waals surface area contributed by atoms with Gasteiger partial charge in [-0.15, -0.1) is 0 Å². The van der Waals surface area contributed by atoms with E-state index in [2.05, 4.69) is 93.7 Å². The maximum Gasteiger partial charge on any atom is 0.306 e. The van der Waals surface area contributed by atoms with Crippen LogP contribution in [0.2, 0.25) is 0 Å². The fourth-order valence-electron chi connectivity index (χ4n) is 7.57. The maximum atomic E-state index is 12.8. The zero-order valence-corrected chi connectivity index (χ0v) is 42.7. The maximum absolute atomic E-state index is 12.8. The van der Waals surface area contributed by atoms with Crippen LogP contribution >= 0.6 is 0 Å². The van der Waals surface area contributed by atoms with Gasteiger partial charge in [0.2, 0.25) is 0 Å². The Morgan fingerprint density at radius 3 is 0.985 bits per heavy atom. The lowest BCUT2D eigenvalue weighted by molar-refractivity contribution is -0.167. The molecule has 0 aliphatic heterocycles. The Hall–Kier alpha value is -3.15. The number of unbranched alkanes of at least 4 members (excludes halogenated alkanes) is 26. The molecule has 0 aliphatic carbocycles. The van der Waals surface area contributed by atoms with E-state index in [0.29, 0.717) is 19.3 Å². The van der Waals surface area contributed by atoms with Gasteiger partial charge in [-0.3, -0.25) is 14.4 Å². The highest BCUT2D eigenvalue weighted by Crippen LogP contribution is 2.15. The first-order chi connectivity index (χ1) is 32.0. The van der Waals surface area contributed by atoms with Gasteiger partial charge in [0.15, 0.2) is 6.10 Å². The van der Waals surface area contributed by atoms with Gasteiger partial charge in [-0.1, -0.05) is 235 Å². The van der Waals surface area contributed by atoms with E-state index in [4.69, 9.17) is 14.2 Å². The molecule has 1 unspecified atom stereocenters. The van der Waals surface area contributed by atoms with E-state index in [1.165, 1.54) is 116 Å². The van der Waals surface area contributed by atoms with E-state index in [9.17, 15) is 14.4 Å². The summed E-state index contributed by atoms with van der Waals surface area (Å²) < 4.78 is 16.8. The highest BCUT2D eigenvalue weighted by Gasteiger charge is 2.19. The van der Waals surface area contributed by atoms with Gasteiger partial charge in [0.1, 0.15) is 13.2 Å². The van der Waals surface area contributed by atoms with Crippen molar-refractivity contribution in [2.45, 2.75) is 271 Å². The fourth-order valence-corrected chi connectivity index (χ4v) is 7.57. The molecule has 0 heterocycles. The molecule has 374 valence electrons. The number of allylic oxidation sites excluding steroid dienone is 12. The summed E-state index contributed by atoms with van der Waals surface area (Å²) in [5.41, 5.74) is 0. The Kier molecular flexibility index (Phi) is 50.9. The van der Waals surface area contributed by atoms with Crippen LogP contribution in [0.25, 0.3) is 0 Å². The second kappa shape index (κ2) is 53.5. The minimum absolute atomic E-state index is 0.0798. The van der Waals surface area contributed by atoms with Crippen LogP contribution in [0.5, 0.6) is 0 Å².